The Morgan fingerprint density at radius 3 is 1.82 bits per heavy atom. The van der Waals surface area contributed by atoms with Crippen molar-refractivity contribution in [3.8, 4) is 32.0 Å². The zero-order valence-electron chi connectivity index (χ0n) is 18.4. The normalized spacial score (nSPS) is 11.5. The van der Waals surface area contributed by atoms with Crippen molar-refractivity contribution >= 4 is 44.0 Å². The number of rotatable bonds is 3. The van der Waals surface area contributed by atoms with Gasteiger partial charge in [-0.25, -0.2) is 0 Å². The van der Waals surface area contributed by atoms with Crippen LogP contribution in [0.5, 0.6) is 0 Å². The SMILES string of the molecule is c1ccc(-c2sc(-c3ccccc3-c3cccc4oc5ccccc5c34)c3ccccc23)cc1. The van der Waals surface area contributed by atoms with Crippen LogP contribution in [-0.4, -0.2) is 0 Å². The Morgan fingerprint density at radius 1 is 0.412 bits per heavy atom. The summed E-state index contributed by atoms with van der Waals surface area (Å²) in [6.07, 6.45) is 0. The third kappa shape index (κ3) is 2.93. The van der Waals surface area contributed by atoms with Crippen molar-refractivity contribution in [2.45, 2.75) is 0 Å². The zero-order valence-corrected chi connectivity index (χ0v) is 19.2. The molecule has 0 aliphatic rings. The van der Waals surface area contributed by atoms with Crippen LogP contribution in [0.2, 0.25) is 0 Å². The van der Waals surface area contributed by atoms with Gasteiger partial charge in [0.2, 0.25) is 0 Å². The molecule has 7 rings (SSSR count). The van der Waals surface area contributed by atoms with Crippen LogP contribution < -0.4 is 0 Å². The first-order valence-corrected chi connectivity index (χ1v) is 12.3. The molecule has 2 aromatic heterocycles. The number of fused-ring (bicyclic) bond motifs is 4. The monoisotopic (exact) mass is 452 g/mol. The number of hydrogen-bond acceptors (Lipinski definition) is 2. The van der Waals surface area contributed by atoms with Gasteiger partial charge in [0.25, 0.3) is 0 Å². The van der Waals surface area contributed by atoms with Crippen molar-refractivity contribution in [3.05, 3.63) is 121 Å². The molecule has 0 unspecified atom stereocenters. The molecule has 7 aromatic rings. The first kappa shape index (κ1) is 19.3. The van der Waals surface area contributed by atoms with Crippen molar-refractivity contribution in [1.29, 1.82) is 0 Å². The van der Waals surface area contributed by atoms with Gasteiger partial charge in [-0.2, -0.15) is 0 Å². The van der Waals surface area contributed by atoms with Crippen molar-refractivity contribution in [2.24, 2.45) is 0 Å². The lowest BCUT2D eigenvalue weighted by atomic mass is 9.93. The van der Waals surface area contributed by atoms with Gasteiger partial charge in [0, 0.05) is 36.9 Å². The number of para-hydroxylation sites is 1. The molecular weight excluding hydrogens is 432 g/mol. The Hall–Kier alpha value is -4.14. The molecule has 0 atom stereocenters. The molecule has 0 saturated heterocycles. The maximum Gasteiger partial charge on any atom is 0.136 e. The molecule has 34 heavy (non-hydrogen) atoms. The quantitative estimate of drug-likeness (QED) is 0.260. The van der Waals surface area contributed by atoms with Gasteiger partial charge in [0.1, 0.15) is 11.2 Å². The van der Waals surface area contributed by atoms with Crippen LogP contribution in [0.3, 0.4) is 0 Å². The van der Waals surface area contributed by atoms with E-state index in [4.69, 9.17) is 4.42 Å². The predicted octanol–water partition coefficient (Wildman–Crippen LogP) is 9.80. The zero-order chi connectivity index (χ0) is 22.5. The molecular formula is C32H20OS. The first-order valence-electron chi connectivity index (χ1n) is 11.5. The highest BCUT2D eigenvalue weighted by Crippen LogP contribution is 2.48. The van der Waals surface area contributed by atoms with Crippen molar-refractivity contribution in [2.75, 3.05) is 0 Å². The van der Waals surface area contributed by atoms with E-state index in [1.165, 1.54) is 48.2 Å². The summed E-state index contributed by atoms with van der Waals surface area (Å²) >= 11 is 1.88. The second-order valence-electron chi connectivity index (χ2n) is 8.49. The van der Waals surface area contributed by atoms with Crippen LogP contribution in [0, 0.1) is 0 Å². The smallest absolute Gasteiger partial charge is 0.136 e. The van der Waals surface area contributed by atoms with E-state index < -0.39 is 0 Å². The number of benzene rings is 5. The molecule has 0 fully saturated rings. The number of hydrogen-bond donors (Lipinski definition) is 0. The molecule has 0 spiro atoms. The lowest BCUT2D eigenvalue weighted by Gasteiger charge is -2.10. The molecule has 0 amide bonds. The van der Waals surface area contributed by atoms with Gasteiger partial charge in [-0.3, -0.25) is 0 Å². The van der Waals surface area contributed by atoms with Crippen LogP contribution in [-0.2, 0) is 0 Å². The average Bonchev–Trinajstić information content (AvgIpc) is 3.48. The van der Waals surface area contributed by atoms with Gasteiger partial charge >= 0.3 is 0 Å². The number of furan rings is 1. The van der Waals surface area contributed by atoms with E-state index in [0.717, 1.165) is 16.6 Å². The van der Waals surface area contributed by atoms with E-state index in [-0.39, 0.29) is 0 Å². The minimum atomic E-state index is 0.925. The van der Waals surface area contributed by atoms with Gasteiger partial charge in [-0.1, -0.05) is 109 Å². The molecule has 0 N–H and O–H groups in total. The summed E-state index contributed by atoms with van der Waals surface area (Å²) in [6.45, 7) is 0. The summed E-state index contributed by atoms with van der Waals surface area (Å²) in [7, 11) is 0. The fourth-order valence-electron chi connectivity index (χ4n) is 5.01. The van der Waals surface area contributed by atoms with Crippen LogP contribution in [0.15, 0.2) is 126 Å². The highest BCUT2D eigenvalue weighted by Gasteiger charge is 2.19. The molecule has 0 aliphatic carbocycles. The van der Waals surface area contributed by atoms with Crippen molar-refractivity contribution in [3.63, 3.8) is 0 Å². The van der Waals surface area contributed by atoms with Gasteiger partial charge in [0.15, 0.2) is 0 Å². The van der Waals surface area contributed by atoms with Gasteiger partial charge in [-0.15, -0.1) is 11.3 Å². The van der Waals surface area contributed by atoms with E-state index in [2.05, 4.69) is 109 Å². The maximum atomic E-state index is 6.19. The minimum Gasteiger partial charge on any atom is -0.456 e. The minimum absolute atomic E-state index is 0.925. The fraction of sp³-hybridized carbons (Fsp3) is 0. The summed E-state index contributed by atoms with van der Waals surface area (Å²) in [4.78, 5) is 2.61. The second kappa shape index (κ2) is 7.72. The molecule has 0 aliphatic heterocycles. The number of thiophene rings is 1. The maximum absolute atomic E-state index is 6.19. The summed E-state index contributed by atoms with van der Waals surface area (Å²) in [6, 6.07) is 42.9. The molecule has 1 nitrogen and oxygen atoms in total. The molecule has 2 heteroatoms. The highest BCUT2D eigenvalue weighted by atomic mass is 32.1. The molecule has 2 heterocycles. The molecule has 0 bridgehead atoms. The van der Waals surface area contributed by atoms with Gasteiger partial charge in [0.05, 0.1) is 0 Å². The molecule has 0 radical (unpaired) electrons. The van der Waals surface area contributed by atoms with E-state index >= 15 is 0 Å². The van der Waals surface area contributed by atoms with E-state index in [0.29, 0.717) is 0 Å². The van der Waals surface area contributed by atoms with Crippen LogP contribution in [0.4, 0.5) is 0 Å². The average molecular weight is 453 g/mol. The first-order chi connectivity index (χ1) is 16.9. The topological polar surface area (TPSA) is 13.1 Å². The Bertz CT molecular complexity index is 1800. The van der Waals surface area contributed by atoms with Gasteiger partial charge < -0.3 is 4.42 Å². The van der Waals surface area contributed by atoms with Crippen molar-refractivity contribution in [1.82, 2.24) is 0 Å². The fourth-order valence-corrected chi connectivity index (χ4v) is 6.33. The third-order valence-electron chi connectivity index (χ3n) is 6.52. The third-order valence-corrected chi connectivity index (χ3v) is 7.82. The summed E-state index contributed by atoms with van der Waals surface area (Å²) in [5.41, 5.74) is 6.80. The summed E-state index contributed by atoms with van der Waals surface area (Å²) < 4.78 is 6.19. The lowest BCUT2D eigenvalue weighted by molar-refractivity contribution is 0.669. The summed E-state index contributed by atoms with van der Waals surface area (Å²) in [5, 5.41) is 4.93. The largest absolute Gasteiger partial charge is 0.456 e. The Balaban J connectivity index is 1.53. The molecule has 0 saturated carbocycles. The Morgan fingerprint density at radius 2 is 1.00 bits per heavy atom. The highest BCUT2D eigenvalue weighted by molar-refractivity contribution is 7.21. The standard InChI is InChI=1S/C32H20OS/c1-2-11-21(12-3-1)31-25-15-6-7-16-26(25)32(34-31)24-14-5-4-13-22(24)23-18-10-20-29-30(23)27-17-8-9-19-28(27)33-29/h1-20H. The van der Waals surface area contributed by atoms with Crippen molar-refractivity contribution < 1.29 is 4.42 Å². The van der Waals surface area contributed by atoms with Crippen LogP contribution in [0.1, 0.15) is 0 Å². The summed E-state index contributed by atoms with van der Waals surface area (Å²) in [5.74, 6) is 0. The van der Waals surface area contributed by atoms with E-state index in [1.807, 2.05) is 23.5 Å². The second-order valence-corrected chi connectivity index (χ2v) is 9.52. The predicted molar refractivity (Wildman–Crippen MR) is 145 cm³/mol. The van der Waals surface area contributed by atoms with E-state index in [9.17, 15) is 0 Å². The molecule has 5 aromatic carbocycles. The lowest BCUT2D eigenvalue weighted by Crippen LogP contribution is -1.84. The van der Waals surface area contributed by atoms with Crippen LogP contribution in [0.25, 0.3) is 64.7 Å². The Labute approximate surface area is 201 Å². The van der Waals surface area contributed by atoms with E-state index in [1.54, 1.807) is 0 Å². The van der Waals surface area contributed by atoms with Crippen LogP contribution >= 0.6 is 11.3 Å². The van der Waals surface area contributed by atoms with Gasteiger partial charge in [-0.05, 0) is 28.8 Å². The Kier molecular flexibility index (Phi) is 4.39. The molecule has 160 valence electrons.